The fourth-order valence-electron chi connectivity index (χ4n) is 3.50. The number of hydrogen-bond donors (Lipinski definition) is 0. The lowest BCUT2D eigenvalue weighted by molar-refractivity contribution is 0.0612. The highest BCUT2D eigenvalue weighted by Gasteiger charge is 2.38. The van der Waals surface area contributed by atoms with Gasteiger partial charge in [0, 0.05) is 15.7 Å². The number of ether oxygens (including phenoxy) is 2. The number of amides is 1. The average molecular weight is 429 g/mol. The summed E-state index contributed by atoms with van der Waals surface area (Å²) in [5.41, 5.74) is 0.737. The summed E-state index contributed by atoms with van der Waals surface area (Å²) in [6.07, 6.45) is 8.36. The van der Waals surface area contributed by atoms with Gasteiger partial charge in [0.2, 0.25) is 0 Å². The zero-order valence-electron chi connectivity index (χ0n) is 13.8. The number of carbonyl (C=O) groups is 1. The first-order chi connectivity index (χ1) is 11.2. The van der Waals surface area contributed by atoms with E-state index >= 15 is 0 Å². The summed E-state index contributed by atoms with van der Waals surface area (Å²) in [4.78, 5) is 15.4. The fraction of sp³-hybridized carbons (Fsp3) is 0.611. The maximum atomic E-state index is 13.2. The molecule has 1 aromatic carbocycles. The van der Waals surface area contributed by atoms with Crippen LogP contribution < -0.4 is 9.47 Å². The van der Waals surface area contributed by atoms with Crippen molar-refractivity contribution in [2.24, 2.45) is 0 Å². The number of rotatable bonds is 5. The van der Waals surface area contributed by atoms with Gasteiger partial charge in [-0.15, -0.1) is 0 Å². The smallest absolute Gasteiger partial charge is 0.255 e. The van der Waals surface area contributed by atoms with Crippen molar-refractivity contribution in [1.82, 2.24) is 4.90 Å². The third-order valence-electron chi connectivity index (χ3n) is 4.85. The molecule has 2 saturated carbocycles. The molecule has 0 heterocycles. The van der Waals surface area contributed by atoms with Crippen molar-refractivity contribution in [1.29, 1.82) is 0 Å². The molecule has 0 aromatic heterocycles. The van der Waals surface area contributed by atoms with Crippen LogP contribution in [0.3, 0.4) is 0 Å². The number of nitrogens with zero attached hydrogens (tertiary/aromatic N) is 1. The van der Waals surface area contributed by atoms with Gasteiger partial charge in [-0.2, -0.15) is 0 Å². The first-order valence-corrected chi connectivity index (χ1v) is 9.47. The topological polar surface area (TPSA) is 38.8 Å². The monoisotopic (exact) mass is 429 g/mol. The van der Waals surface area contributed by atoms with E-state index in [-0.39, 0.29) is 5.91 Å². The van der Waals surface area contributed by atoms with E-state index in [2.05, 4.69) is 27.5 Å². The summed E-state index contributed by atoms with van der Waals surface area (Å²) in [5, 5.41) is 0. The quantitative estimate of drug-likeness (QED) is 0.658. The molecule has 0 bridgehead atoms. The highest BCUT2D eigenvalue weighted by Crippen LogP contribution is 2.37. The second-order valence-corrected chi connectivity index (χ2v) is 7.58. The Labute approximate surface area is 151 Å². The lowest BCUT2D eigenvalue weighted by atomic mass is 9.93. The predicted molar refractivity (Wildman–Crippen MR) is 98.3 cm³/mol. The molecule has 23 heavy (non-hydrogen) atoms. The average Bonchev–Trinajstić information content (AvgIpc) is 3.40. The van der Waals surface area contributed by atoms with E-state index in [1.165, 1.54) is 19.3 Å². The van der Waals surface area contributed by atoms with Gasteiger partial charge in [-0.05, 0) is 60.4 Å². The van der Waals surface area contributed by atoms with Gasteiger partial charge in [-0.3, -0.25) is 4.79 Å². The Balaban J connectivity index is 1.90. The summed E-state index contributed by atoms with van der Waals surface area (Å²) >= 11 is 2.22. The summed E-state index contributed by atoms with van der Waals surface area (Å²) in [6.45, 7) is 0. The molecule has 126 valence electrons. The molecule has 2 aliphatic rings. The second-order valence-electron chi connectivity index (χ2n) is 6.42. The van der Waals surface area contributed by atoms with Crippen LogP contribution in [-0.2, 0) is 0 Å². The zero-order chi connectivity index (χ0) is 16.4. The highest BCUT2D eigenvalue weighted by molar-refractivity contribution is 14.1. The minimum Gasteiger partial charge on any atom is -0.493 e. The molecule has 3 rings (SSSR count). The third kappa shape index (κ3) is 3.59. The zero-order valence-corrected chi connectivity index (χ0v) is 16.0. The van der Waals surface area contributed by atoms with Crippen LogP contribution in [0.1, 0.15) is 55.3 Å². The Morgan fingerprint density at radius 3 is 2.13 bits per heavy atom. The molecule has 5 heteroatoms. The first kappa shape index (κ1) is 16.9. The molecule has 0 spiro atoms. The van der Waals surface area contributed by atoms with Crippen LogP contribution in [0.5, 0.6) is 11.5 Å². The molecular formula is C18H24INO3. The largest absolute Gasteiger partial charge is 0.493 e. The van der Waals surface area contributed by atoms with Crippen molar-refractivity contribution < 1.29 is 14.3 Å². The molecule has 0 radical (unpaired) electrons. The van der Waals surface area contributed by atoms with Crippen LogP contribution in [0, 0.1) is 3.57 Å². The molecule has 0 saturated heterocycles. The molecule has 1 aromatic rings. The van der Waals surface area contributed by atoms with Gasteiger partial charge in [0.15, 0.2) is 11.5 Å². The van der Waals surface area contributed by atoms with E-state index in [9.17, 15) is 4.79 Å². The second kappa shape index (κ2) is 7.28. The summed E-state index contributed by atoms with van der Waals surface area (Å²) in [6, 6.07) is 4.57. The van der Waals surface area contributed by atoms with Crippen LogP contribution in [0.25, 0.3) is 0 Å². The molecule has 2 fully saturated rings. The number of carbonyl (C=O) groups excluding carboxylic acids is 1. The Kier molecular flexibility index (Phi) is 5.34. The van der Waals surface area contributed by atoms with Crippen molar-refractivity contribution >= 4 is 28.5 Å². The third-order valence-corrected chi connectivity index (χ3v) is 5.74. The summed E-state index contributed by atoms with van der Waals surface area (Å²) in [7, 11) is 3.23. The van der Waals surface area contributed by atoms with E-state index < -0.39 is 0 Å². The van der Waals surface area contributed by atoms with E-state index in [1.807, 2.05) is 12.1 Å². The maximum Gasteiger partial charge on any atom is 0.255 e. The standard InChI is InChI=1S/C18H24INO3/c1-22-16-10-14(15(19)11-17(16)23-2)18(21)20(13-8-9-13)12-6-4-3-5-7-12/h10-13H,3-9H2,1-2H3. The van der Waals surface area contributed by atoms with Crippen molar-refractivity contribution in [3.05, 3.63) is 21.3 Å². The van der Waals surface area contributed by atoms with Crippen LogP contribution in [0.4, 0.5) is 0 Å². The Hall–Kier alpha value is -0.980. The van der Waals surface area contributed by atoms with E-state index in [4.69, 9.17) is 9.47 Å². The fourth-order valence-corrected chi connectivity index (χ4v) is 4.17. The SMILES string of the molecule is COc1cc(I)c(C(=O)N(C2CCCCC2)C2CC2)cc1OC. The summed E-state index contributed by atoms with van der Waals surface area (Å²) in [5.74, 6) is 1.45. The molecular weight excluding hydrogens is 405 g/mol. The van der Waals surface area contributed by atoms with Crippen molar-refractivity contribution in [3.8, 4) is 11.5 Å². The molecule has 2 aliphatic carbocycles. The van der Waals surface area contributed by atoms with Gasteiger partial charge < -0.3 is 14.4 Å². The van der Waals surface area contributed by atoms with E-state index in [1.54, 1.807) is 14.2 Å². The molecule has 0 N–H and O–H groups in total. The van der Waals surface area contributed by atoms with Crippen LogP contribution >= 0.6 is 22.6 Å². The van der Waals surface area contributed by atoms with Gasteiger partial charge in [-0.25, -0.2) is 0 Å². The minimum absolute atomic E-state index is 0.157. The number of methoxy groups -OCH3 is 2. The number of benzene rings is 1. The molecule has 0 aliphatic heterocycles. The normalized spacial score (nSPS) is 18.6. The number of hydrogen-bond acceptors (Lipinski definition) is 3. The van der Waals surface area contributed by atoms with Crippen LogP contribution in [0.15, 0.2) is 12.1 Å². The van der Waals surface area contributed by atoms with E-state index in [0.717, 1.165) is 34.8 Å². The molecule has 0 atom stereocenters. The predicted octanol–water partition coefficient (Wildman–Crippen LogP) is 4.25. The lowest BCUT2D eigenvalue weighted by Crippen LogP contribution is -2.43. The van der Waals surface area contributed by atoms with Crippen molar-refractivity contribution in [2.45, 2.75) is 57.0 Å². The van der Waals surface area contributed by atoms with Gasteiger partial charge in [0.25, 0.3) is 5.91 Å². The number of halogens is 1. The highest BCUT2D eigenvalue weighted by atomic mass is 127. The first-order valence-electron chi connectivity index (χ1n) is 8.40. The van der Waals surface area contributed by atoms with E-state index in [0.29, 0.717) is 23.6 Å². The molecule has 4 nitrogen and oxygen atoms in total. The van der Waals surface area contributed by atoms with Crippen molar-refractivity contribution in [3.63, 3.8) is 0 Å². The molecule has 1 amide bonds. The van der Waals surface area contributed by atoms with Gasteiger partial charge in [0.1, 0.15) is 0 Å². The minimum atomic E-state index is 0.157. The van der Waals surface area contributed by atoms with Gasteiger partial charge in [-0.1, -0.05) is 19.3 Å². The summed E-state index contributed by atoms with van der Waals surface area (Å²) < 4.78 is 11.6. The van der Waals surface area contributed by atoms with Gasteiger partial charge in [0.05, 0.1) is 19.8 Å². The van der Waals surface area contributed by atoms with Gasteiger partial charge >= 0.3 is 0 Å². The Bertz CT molecular complexity index is 580. The lowest BCUT2D eigenvalue weighted by Gasteiger charge is -2.35. The molecule has 0 unspecified atom stereocenters. The van der Waals surface area contributed by atoms with Crippen LogP contribution in [-0.4, -0.2) is 37.1 Å². The van der Waals surface area contributed by atoms with Crippen LogP contribution in [0.2, 0.25) is 0 Å². The Morgan fingerprint density at radius 1 is 1.00 bits per heavy atom. The Morgan fingerprint density at radius 2 is 1.57 bits per heavy atom. The maximum absolute atomic E-state index is 13.2. The van der Waals surface area contributed by atoms with Crippen molar-refractivity contribution in [2.75, 3.05) is 14.2 Å².